The van der Waals surface area contributed by atoms with Crippen LogP contribution in [0, 0.1) is 11.3 Å². The van der Waals surface area contributed by atoms with E-state index in [9.17, 15) is 19.5 Å². The highest BCUT2D eigenvalue weighted by Crippen LogP contribution is 2.58. The zero-order valence-corrected chi connectivity index (χ0v) is 35.3. The van der Waals surface area contributed by atoms with Gasteiger partial charge in [0.25, 0.3) is 5.91 Å². The van der Waals surface area contributed by atoms with Crippen LogP contribution in [-0.2, 0) is 22.7 Å². The van der Waals surface area contributed by atoms with E-state index in [1.165, 1.54) is 62.8 Å². The normalized spacial score (nSPS) is 22.9. The van der Waals surface area contributed by atoms with Crippen LogP contribution in [0.4, 0.5) is 5.69 Å². The zero-order valence-electron chi connectivity index (χ0n) is 34.4. The number of fused-ring (bicyclic) bond motifs is 4. The van der Waals surface area contributed by atoms with Gasteiger partial charge in [-0.25, -0.2) is 0 Å². The van der Waals surface area contributed by atoms with E-state index in [-0.39, 0.29) is 30.3 Å². The van der Waals surface area contributed by atoms with Crippen molar-refractivity contribution in [3.05, 3.63) is 113 Å². The number of hydrogen-bond acceptors (Lipinski definition) is 8. The first kappa shape index (κ1) is 41.5. The minimum absolute atomic E-state index is 0. The molecule has 2 bridgehead atoms. The van der Waals surface area contributed by atoms with Crippen LogP contribution in [0.5, 0.6) is 23.0 Å². The molecule has 4 aromatic rings. The van der Waals surface area contributed by atoms with Crippen LogP contribution in [0.25, 0.3) is 0 Å². The zero-order chi connectivity index (χ0) is 40.8. The quantitative estimate of drug-likeness (QED) is 0.118. The van der Waals surface area contributed by atoms with Crippen LogP contribution >= 0.6 is 12.4 Å². The predicted molar refractivity (Wildman–Crippen MR) is 226 cm³/mol. The molecule has 0 radical (unpaired) electrons. The van der Waals surface area contributed by atoms with E-state index in [1.54, 1.807) is 30.3 Å². The molecular formula is C48H54ClN3O8. The van der Waals surface area contributed by atoms with Crippen molar-refractivity contribution in [2.24, 2.45) is 11.3 Å². The Bertz CT molecular complexity index is 2180. The maximum atomic E-state index is 14.4. The lowest BCUT2D eigenvalue weighted by Gasteiger charge is -2.59. The number of rotatable bonds is 11. The number of carbonyl (C=O) groups is 3. The lowest BCUT2D eigenvalue weighted by Crippen LogP contribution is -2.67. The molecule has 6 heterocycles. The van der Waals surface area contributed by atoms with Gasteiger partial charge < -0.3 is 43.1 Å². The highest BCUT2D eigenvalue weighted by molar-refractivity contribution is 6.06. The van der Waals surface area contributed by atoms with E-state index < -0.39 is 17.0 Å². The van der Waals surface area contributed by atoms with E-state index in [1.807, 2.05) is 46.2 Å². The summed E-state index contributed by atoms with van der Waals surface area (Å²) in [5.74, 6) is 1.85. The van der Waals surface area contributed by atoms with Crippen LogP contribution < -0.4 is 29.0 Å². The molecule has 2 amide bonds. The van der Waals surface area contributed by atoms with E-state index in [0.717, 1.165) is 35.7 Å². The van der Waals surface area contributed by atoms with E-state index >= 15 is 0 Å². The summed E-state index contributed by atoms with van der Waals surface area (Å²) in [7, 11) is 0. The van der Waals surface area contributed by atoms with Crippen LogP contribution in [0.1, 0.15) is 85.5 Å². The van der Waals surface area contributed by atoms with Crippen LogP contribution in [0.3, 0.4) is 0 Å². The monoisotopic (exact) mass is 835 g/mol. The van der Waals surface area contributed by atoms with Crippen molar-refractivity contribution in [2.45, 2.75) is 77.2 Å². The first-order valence-electron chi connectivity index (χ1n) is 21.2. The minimum atomic E-state index is -1.52. The van der Waals surface area contributed by atoms with Crippen molar-refractivity contribution in [1.29, 1.82) is 0 Å². The Morgan fingerprint density at radius 1 is 0.817 bits per heavy atom. The van der Waals surface area contributed by atoms with Gasteiger partial charge in [-0.05, 0) is 118 Å². The lowest BCUT2D eigenvalue weighted by atomic mass is 9.62. The van der Waals surface area contributed by atoms with Crippen LogP contribution in [0.15, 0.2) is 91.0 Å². The van der Waals surface area contributed by atoms with Crippen molar-refractivity contribution in [2.75, 3.05) is 50.8 Å². The van der Waals surface area contributed by atoms with E-state index in [2.05, 4.69) is 24.3 Å². The number of quaternary nitrogens is 1. The molecule has 5 saturated heterocycles. The molecule has 0 saturated carbocycles. The number of nitrogens with zero attached hydrogens (tertiary/aromatic N) is 3. The summed E-state index contributed by atoms with van der Waals surface area (Å²) in [6, 6.07) is 28.8. The number of amides is 2. The number of carboxylic acid groups (broad SMARTS) is 1. The largest absolute Gasteiger partial charge is 0.546 e. The summed E-state index contributed by atoms with van der Waals surface area (Å²) in [4.78, 5) is 43.5. The summed E-state index contributed by atoms with van der Waals surface area (Å²) in [5.41, 5.74) is 2.42. The first-order chi connectivity index (χ1) is 28.5. The molecule has 60 heavy (non-hydrogen) atoms. The lowest BCUT2D eigenvalue weighted by molar-refractivity contribution is -0.955. The number of likely N-dealkylation sites (tertiary alicyclic amines) is 1. The topological polar surface area (TPSA) is 118 Å². The van der Waals surface area contributed by atoms with Crippen molar-refractivity contribution in [1.82, 2.24) is 4.90 Å². The van der Waals surface area contributed by atoms with Crippen LogP contribution in [-0.4, -0.2) is 78.7 Å². The van der Waals surface area contributed by atoms with Crippen molar-refractivity contribution < 1.29 is 42.9 Å². The number of benzene rings is 4. The van der Waals surface area contributed by atoms with Gasteiger partial charge in [0.05, 0.1) is 50.3 Å². The Labute approximate surface area is 358 Å². The Morgan fingerprint density at radius 2 is 1.43 bits per heavy atom. The highest BCUT2D eigenvalue weighted by atomic mass is 35.5. The second-order valence-corrected chi connectivity index (χ2v) is 17.7. The second-order valence-electron chi connectivity index (χ2n) is 17.7. The fraction of sp³-hybridized carbons (Fsp3) is 0.438. The van der Waals surface area contributed by atoms with Gasteiger partial charge in [-0.2, -0.15) is 0 Å². The molecule has 4 aromatic carbocycles. The van der Waals surface area contributed by atoms with Gasteiger partial charge in [0, 0.05) is 36.3 Å². The number of piperidine rings is 4. The van der Waals surface area contributed by atoms with Crippen LogP contribution in [0.2, 0.25) is 0 Å². The third-order valence-electron chi connectivity index (χ3n) is 13.5. The molecule has 6 aliphatic heterocycles. The highest BCUT2D eigenvalue weighted by Gasteiger charge is 2.62. The van der Waals surface area contributed by atoms with Gasteiger partial charge >= 0.3 is 0 Å². The molecule has 10 rings (SSSR count). The molecule has 5 fully saturated rings. The summed E-state index contributed by atoms with van der Waals surface area (Å²) in [5, 5.41) is 11.6. The molecular weight excluding hydrogens is 782 g/mol. The molecule has 1 spiro atoms. The fourth-order valence-corrected chi connectivity index (χ4v) is 9.89. The molecule has 316 valence electrons. The number of halogens is 1. The number of ether oxygens (including phenoxy) is 4. The number of aliphatic carboxylic acids is 1. The Kier molecular flexibility index (Phi) is 11.5. The summed E-state index contributed by atoms with van der Waals surface area (Å²) < 4.78 is 24.8. The van der Waals surface area contributed by atoms with Crippen molar-refractivity contribution >= 4 is 35.9 Å². The number of anilines is 1. The maximum absolute atomic E-state index is 14.4. The first-order valence-corrected chi connectivity index (χ1v) is 21.2. The number of carbonyl (C=O) groups excluding carboxylic acids is 3. The van der Waals surface area contributed by atoms with Gasteiger partial charge in [0.15, 0.2) is 11.5 Å². The van der Waals surface area contributed by atoms with Gasteiger partial charge in [-0.3, -0.25) is 9.59 Å². The fourth-order valence-electron chi connectivity index (χ4n) is 9.89. The molecule has 0 N–H and O–H groups in total. The molecule has 0 aromatic heterocycles. The summed E-state index contributed by atoms with van der Waals surface area (Å²) in [6.45, 7) is 10.3. The molecule has 6 aliphatic rings. The molecule has 12 heteroatoms. The third-order valence-corrected chi connectivity index (χ3v) is 13.5. The smallest absolute Gasteiger partial charge is 0.253 e. The van der Waals surface area contributed by atoms with E-state index in [0.29, 0.717) is 74.3 Å². The Hall–Kier alpha value is -5.26. The molecule has 11 nitrogen and oxygen atoms in total. The van der Waals surface area contributed by atoms with Gasteiger partial charge in [0.2, 0.25) is 5.91 Å². The van der Waals surface area contributed by atoms with Gasteiger partial charge in [-0.15, -0.1) is 12.4 Å². The van der Waals surface area contributed by atoms with Crippen molar-refractivity contribution in [3.8, 4) is 23.0 Å². The molecule has 1 unspecified atom stereocenters. The molecule has 1 atom stereocenters. The number of hydrogen-bond donors (Lipinski definition) is 0. The summed E-state index contributed by atoms with van der Waals surface area (Å²) in [6.07, 6.45) is 5.87. The SMILES string of the molecule is CC(C)(Oc1ccc(C2N(c3ccc(OCc4ccc(C[N+]56CCC(CC5)CC6)cc4)cc3)C(=O)C23CCN(C(=O)c2ccc4c(c2)OCCCO4)CC3)cc1)C(=O)[O-].Cl. The average Bonchev–Trinajstić information content (AvgIpc) is 3.51. The minimum Gasteiger partial charge on any atom is -0.546 e. The Morgan fingerprint density at radius 3 is 2.08 bits per heavy atom. The van der Waals surface area contributed by atoms with Gasteiger partial charge in [0.1, 0.15) is 30.3 Å². The predicted octanol–water partition coefficient (Wildman–Crippen LogP) is 6.90. The second kappa shape index (κ2) is 16.7. The van der Waals surface area contributed by atoms with E-state index in [4.69, 9.17) is 18.9 Å². The summed E-state index contributed by atoms with van der Waals surface area (Å²) >= 11 is 0. The standard InChI is InChI=1S/C48H53N3O8.ClH/c1-47(2,46(54)55)59-40-13-8-36(9-14-40)43-48(21-23-49(24-22-48)44(52)37-10-17-41-42(30-37)57-29-3-28-56-41)45(53)50(43)38-11-15-39(16-12-38)58-32-35-6-4-34(5-7-35)31-51-25-18-33(19-26-51)20-27-51;/h4-17,30,33,43H,3,18-29,31-32H2,1-2H3;1H. The maximum Gasteiger partial charge on any atom is 0.253 e. The average molecular weight is 836 g/mol. The third kappa shape index (κ3) is 8.01. The van der Waals surface area contributed by atoms with Crippen molar-refractivity contribution in [3.63, 3.8) is 0 Å². The van der Waals surface area contributed by atoms with Gasteiger partial charge in [-0.1, -0.05) is 36.4 Å². The number of carboxylic acids is 1. The molecule has 0 aliphatic carbocycles. The number of β-lactam (4-membered cyclic amide) rings is 1. The Balaban J connectivity index is 0.00000499.